The lowest BCUT2D eigenvalue weighted by atomic mass is 9.93. The van der Waals surface area contributed by atoms with Crippen LogP contribution in [0.4, 0.5) is 0 Å². The summed E-state index contributed by atoms with van der Waals surface area (Å²) in [5.41, 5.74) is 6.22. The van der Waals surface area contributed by atoms with Crippen molar-refractivity contribution in [2.75, 3.05) is 26.8 Å². The molecular weight excluding hydrogens is 272 g/mol. The second-order valence-electron chi connectivity index (χ2n) is 5.24. The zero-order valence-corrected chi connectivity index (χ0v) is 12.1. The van der Waals surface area contributed by atoms with Crippen LogP contribution in [-0.2, 0) is 16.0 Å². The summed E-state index contributed by atoms with van der Waals surface area (Å²) in [6, 6.07) is 1.62. The lowest BCUT2D eigenvalue weighted by molar-refractivity contribution is -0.136. The molecule has 1 atom stereocenters. The van der Waals surface area contributed by atoms with E-state index in [1.54, 1.807) is 6.07 Å². The van der Waals surface area contributed by atoms with Crippen molar-refractivity contribution >= 4 is 11.8 Å². The maximum atomic E-state index is 11.9. The summed E-state index contributed by atoms with van der Waals surface area (Å²) in [5.74, 6) is -0.211. The lowest BCUT2D eigenvalue weighted by Gasteiger charge is -2.32. The summed E-state index contributed by atoms with van der Waals surface area (Å²) in [6.45, 7) is 1.58. The first-order valence-corrected chi connectivity index (χ1v) is 6.97. The van der Waals surface area contributed by atoms with Crippen molar-refractivity contribution in [2.24, 2.45) is 11.7 Å². The molecule has 1 aliphatic heterocycles. The van der Waals surface area contributed by atoms with Crippen molar-refractivity contribution < 1.29 is 14.3 Å². The molecule has 0 radical (unpaired) electrons. The quantitative estimate of drug-likeness (QED) is 0.824. The maximum absolute atomic E-state index is 11.9. The van der Waals surface area contributed by atoms with E-state index >= 15 is 0 Å². The van der Waals surface area contributed by atoms with Gasteiger partial charge in [0.2, 0.25) is 5.91 Å². The molecule has 1 fully saturated rings. The average molecular weight is 292 g/mol. The summed E-state index contributed by atoms with van der Waals surface area (Å²) in [6.07, 6.45) is 4.06. The molecule has 21 heavy (non-hydrogen) atoms. The lowest BCUT2D eigenvalue weighted by Crippen LogP contribution is -2.42. The Labute approximate surface area is 123 Å². The van der Waals surface area contributed by atoms with E-state index in [1.807, 2.05) is 4.90 Å². The number of hydrogen-bond donors (Lipinski definition) is 1. The molecule has 2 N–H and O–H groups in total. The van der Waals surface area contributed by atoms with Crippen LogP contribution in [0.25, 0.3) is 0 Å². The topological polar surface area (TPSA) is 98.4 Å². The number of ether oxygens (including phenoxy) is 1. The van der Waals surface area contributed by atoms with E-state index in [1.165, 1.54) is 13.4 Å². The van der Waals surface area contributed by atoms with Gasteiger partial charge in [-0.2, -0.15) is 0 Å². The molecule has 2 amide bonds. The van der Waals surface area contributed by atoms with E-state index in [0.717, 1.165) is 25.1 Å². The van der Waals surface area contributed by atoms with Gasteiger partial charge in [0.05, 0.1) is 0 Å². The number of nitrogens with zero attached hydrogens (tertiary/aromatic N) is 3. The minimum atomic E-state index is -0.556. The Bertz CT molecular complexity index is 521. The Kier molecular flexibility index (Phi) is 5.21. The van der Waals surface area contributed by atoms with Gasteiger partial charge in [-0.1, -0.05) is 0 Å². The second kappa shape index (κ2) is 7.12. The molecule has 0 aromatic carbocycles. The number of amides is 2. The number of aromatic nitrogens is 2. The van der Waals surface area contributed by atoms with Crippen molar-refractivity contribution in [2.45, 2.75) is 19.3 Å². The summed E-state index contributed by atoms with van der Waals surface area (Å²) in [4.78, 5) is 32.8. The Morgan fingerprint density at radius 2 is 2.29 bits per heavy atom. The summed E-state index contributed by atoms with van der Waals surface area (Å²) < 4.78 is 4.89. The van der Waals surface area contributed by atoms with E-state index in [0.29, 0.717) is 18.9 Å². The molecule has 0 bridgehead atoms. The van der Waals surface area contributed by atoms with Gasteiger partial charge in [0.1, 0.15) is 18.6 Å². The first-order valence-electron chi connectivity index (χ1n) is 6.97. The normalized spacial score (nSPS) is 18.5. The van der Waals surface area contributed by atoms with Gasteiger partial charge in [0, 0.05) is 25.9 Å². The zero-order valence-electron chi connectivity index (χ0n) is 12.1. The van der Waals surface area contributed by atoms with Gasteiger partial charge in [0.15, 0.2) is 0 Å². The summed E-state index contributed by atoms with van der Waals surface area (Å²) >= 11 is 0. The highest BCUT2D eigenvalue weighted by Gasteiger charge is 2.24. The molecule has 0 aliphatic carbocycles. The number of primary amides is 1. The zero-order chi connectivity index (χ0) is 15.2. The molecule has 7 nitrogen and oxygen atoms in total. The van der Waals surface area contributed by atoms with Crippen LogP contribution in [0.2, 0.25) is 0 Å². The molecule has 2 heterocycles. The molecule has 1 aliphatic rings. The van der Waals surface area contributed by atoms with Crippen LogP contribution < -0.4 is 5.73 Å². The summed E-state index contributed by atoms with van der Waals surface area (Å²) in [5, 5.41) is 0. The minimum Gasteiger partial charge on any atom is -0.375 e. The number of methoxy groups -OCH3 is 1. The Morgan fingerprint density at radius 1 is 1.48 bits per heavy atom. The van der Waals surface area contributed by atoms with Crippen molar-refractivity contribution in [3.05, 3.63) is 23.8 Å². The number of hydrogen-bond acceptors (Lipinski definition) is 5. The minimum absolute atomic E-state index is 0.0164. The highest BCUT2D eigenvalue weighted by atomic mass is 16.5. The predicted octanol–water partition coefficient (Wildman–Crippen LogP) is 0.00300. The molecule has 7 heteroatoms. The fraction of sp³-hybridized carbons (Fsp3) is 0.571. The van der Waals surface area contributed by atoms with Crippen molar-refractivity contribution in [3.8, 4) is 0 Å². The molecule has 1 aromatic heterocycles. The molecule has 0 saturated carbocycles. The maximum Gasteiger partial charge on any atom is 0.267 e. The van der Waals surface area contributed by atoms with Crippen molar-refractivity contribution in [1.29, 1.82) is 0 Å². The molecule has 114 valence electrons. The highest BCUT2D eigenvalue weighted by molar-refractivity contribution is 5.90. The van der Waals surface area contributed by atoms with Gasteiger partial charge >= 0.3 is 0 Å². The van der Waals surface area contributed by atoms with Crippen LogP contribution in [0.15, 0.2) is 12.4 Å². The molecule has 2 rings (SSSR count). The molecular formula is C14H20N4O3. The van der Waals surface area contributed by atoms with Crippen LogP contribution in [0.3, 0.4) is 0 Å². The molecule has 1 aromatic rings. The number of nitrogens with two attached hydrogens (primary N) is 1. The molecule has 1 saturated heterocycles. The first-order chi connectivity index (χ1) is 10.1. The first kappa shape index (κ1) is 15.4. The predicted molar refractivity (Wildman–Crippen MR) is 75.4 cm³/mol. The summed E-state index contributed by atoms with van der Waals surface area (Å²) in [7, 11) is 1.52. The van der Waals surface area contributed by atoms with Gasteiger partial charge < -0.3 is 15.4 Å². The number of carbonyl (C=O) groups excluding carboxylic acids is 2. The van der Waals surface area contributed by atoms with Crippen LogP contribution in [-0.4, -0.2) is 53.5 Å². The fourth-order valence-corrected chi connectivity index (χ4v) is 2.61. The van der Waals surface area contributed by atoms with E-state index < -0.39 is 5.91 Å². The number of rotatable bonds is 5. The number of likely N-dealkylation sites (tertiary alicyclic amines) is 1. The van der Waals surface area contributed by atoms with Crippen LogP contribution in [0.1, 0.15) is 29.0 Å². The van der Waals surface area contributed by atoms with Crippen molar-refractivity contribution in [1.82, 2.24) is 14.9 Å². The largest absolute Gasteiger partial charge is 0.375 e. The third-order valence-corrected chi connectivity index (χ3v) is 3.61. The SMILES string of the molecule is COCC(=O)N1CCC[C@H](Cc2cc(C(N)=O)ncn2)C1. The van der Waals surface area contributed by atoms with E-state index in [-0.39, 0.29) is 18.2 Å². The Hall–Kier alpha value is -2.02. The van der Waals surface area contributed by atoms with Crippen LogP contribution >= 0.6 is 0 Å². The van der Waals surface area contributed by atoms with Gasteiger partial charge in [-0.05, 0) is 31.2 Å². The second-order valence-corrected chi connectivity index (χ2v) is 5.24. The van der Waals surface area contributed by atoms with Gasteiger partial charge in [0.25, 0.3) is 5.91 Å². The molecule has 0 spiro atoms. The van der Waals surface area contributed by atoms with E-state index in [4.69, 9.17) is 10.5 Å². The van der Waals surface area contributed by atoms with Crippen LogP contribution in [0.5, 0.6) is 0 Å². The number of carbonyl (C=O) groups is 2. The van der Waals surface area contributed by atoms with Gasteiger partial charge in [-0.15, -0.1) is 0 Å². The van der Waals surface area contributed by atoms with Gasteiger partial charge in [-0.3, -0.25) is 9.59 Å². The number of piperidine rings is 1. The smallest absolute Gasteiger partial charge is 0.267 e. The standard InChI is InChI=1S/C14H20N4O3/c1-21-8-13(19)18-4-2-3-10(7-18)5-11-6-12(14(15)20)17-9-16-11/h6,9-10H,2-5,7-8H2,1H3,(H2,15,20)/t10-/m1/s1. The highest BCUT2D eigenvalue weighted by Crippen LogP contribution is 2.20. The van der Waals surface area contributed by atoms with Crippen molar-refractivity contribution in [3.63, 3.8) is 0 Å². The Balaban J connectivity index is 1.97. The monoisotopic (exact) mass is 292 g/mol. The van der Waals surface area contributed by atoms with E-state index in [2.05, 4.69) is 9.97 Å². The van der Waals surface area contributed by atoms with E-state index in [9.17, 15) is 9.59 Å². The average Bonchev–Trinajstić information content (AvgIpc) is 2.48. The third kappa shape index (κ3) is 4.22. The third-order valence-electron chi connectivity index (χ3n) is 3.61. The van der Waals surface area contributed by atoms with Crippen LogP contribution in [0, 0.1) is 5.92 Å². The van der Waals surface area contributed by atoms with Gasteiger partial charge in [-0.25, -0.2) is 9.97 Å². The molecule has 0 unspecified atom stereocenters. The fourth-order valence-electron chi connectivity index (χ4n) is 2.61. The Morgan fingerprint density at radius 3 is 3.00 bits per heavy atom.